The van der Waals surface area contributed by atoms with Crippen molar-refractivity contribution in [3.8, 4) is 0 Å². The molecule has 0 radical (unpaired) electrons. The number of para-hydroxylation sites is 1. The van der Waals surface area contributed by atoms with E-state index in [9.17, 15) is 18.4 Å². The zero-order valence-electron chi connectivity index (χ0n) is 15.8. The molecule has 1 saturated heterocycles. The van der Waals surface area contributed by atoms with Gasteiger partial charge in [-0.15, -0.1) is 11.8 Å². The second kappa shape index (κ2) is 8.67. The van der Waals surface area contributed by atoms with E-state index < -0.39 is 34.9 Å². The lowest BCUT2D eigenvalue weighted by atomic mass is 10.1. The quantitative estimate of drug-likeness (QED) is 0.651. The van der Waals surface area contributed by atoms with E-state index in [1.165, 1.54) is 53.1 Å². The van der Waals surface area contributed by atoms with Crippen molar-refractivity contribution in [1.29, 1.82) is 0 Å². The van der Waals surface area contributed by atoms with E-state index in [4.69, 9.17) is 0 Å². The smallest absolute Gasteiger partial charge is 0.258 e. The van der Waals surface area contributed by atoms with Crippen LogP contribution in [0, 0.1) is 11.6 Å². The highest BCUT2D eigenvalue weighted by Gasteiger charge is 2.43. The highest BCUT2D eigenvalue weighted by Crippen LogP contribution is 2.42. The van der Waals surface area contributed by atoms with Crippen molar-refractivity contribution in [3.63, 3.8) is 0 Å². The molecule has 30 heavy (non-hydrogen) atoms. The molecule has 2 amide bonds. The predicted molar refractivity (Wildman–Crippen MR) is 113 cm³/mol. The van der Waals surface area contributed by atoms with Gasteiger partial charge in [-0.25, -0.2) is 8.78 Å². The van der Waals surface area contributed by atoms with Gasteiger partial charge in [-0.2, -0.15) is 0 Å². The van der Waals surface area contributed by atoms with Crippen LogP contribution in [0.5, 0.6) is 0 Å². The molecule has 1 aliphatic rings. The molecule has 1 fully saturated rings. The number of hydrogen-bond acceptors (Lipinski definition) is 3. The fourth-order valence-electron chi connectivity index (χ4n) is 3.38. The van der Waals surface area contributed by atoms with Crippen LogP contribution >= 0.6 is 11.8 Å². The lowest BCUT2D eigenvalue weighted by Gasteiger charge is -2.29. The van der Waals surface area contributed by atoms with Gasteiger partial charge in [0.15, 0.2) is 0 Å². The molecule has 0 aliphatic carbocycles. The van der Waals surface area contributed by atoms with E-state index in [-0.39, 0.29) is 11.3 Å². The summed E-state index contributed by atoms with van der Waals surface area (Å²) in [6, 6.07) is 19.9. The molecule has 2 unspecified atom stereocenters. The SMILES string of the molecule is O=C(Nc1ccccc1F)C1CSC(c2ccccc2)N1C(=O)c1ccccc1F. The van der Waals surface area contributed by atoms with Gasteiger partial charge in [-0.05, 0) is 29.8 Å². The van der Waals surface area contributed by atoms with E-state index in [1.807, 2.05) is 30.3 Å². The fraction of sp³-hybridized carbons (Fsp3) is 0.130. The summed E-state index contributed by atoms with van der Waals surface area (Å²) >= 11 is 1.41. The van der Waals surface area contributed by atoms with Crippen LogP contribution in [0.2, 0.25) is 0 Å². The van der Waals surface area contributed by atoms with Gasteiger partial charge in [0.2, 0.25) is 5.91 Å². The Morgan fingerprint density at radius 2 is 1.50 bits per heavy atom. The zero-order valence-corrected chi connectivity index (χ0v) is 16.6. The van der Waals surface area contributed by atoms with Crippen molar-refractivity contribution in [1.82, 2.24) is 4.90 Å². The van der Waals surface area contributed by atoms with Crippen LogP contribution in [-0.2, 0) is 4.79 Å². The topological polar surface area (TPSA) is 49.4 Å². The lowest BCUT2D eigenvalue weighted by Crippen LogP contribution is -2.45. The molecule has 4 rings (SSSR count). The number of halogens is 2. The number of thioether (sulfide) groups is 1. The molecule has 0 spiro atoms. The summed E-state index contributed by atoms with van der Waals surface area (Å²) < 4.78 is 28.3. The monoisotopic (exact) mass is 424 g/mol. The van der Waals surface area contributed by atoms with Gasteiger partial charge in [0, 0.05) is 5.75 Å². The third-order valence-electron chi connectivity index (χ3n) is 4.86. The molecule has 4 nitrogen and oxygen atoms in total. The van der Waals surface area contributed by atoms with E-state index in [2.05, 4.69) is 5.32 Å². The van der Waals surface area contributed by atoms with Crippen molar-refractivity contribution in [2.45, 2.75) is 11.4 Å². The summed E-state index contributed by atoms with van der Waals surface area (Å²) in [7, 11) is 0. The van der Waals surface area contributed by atoms with Gasteiger partial charge < -0.3 is 10.2 Å². The van der Waals surface area contributed by atoms with Gasteiger partial charge in [-0.1, -0.05) is 54.6 Å². The molecule has 3 aromatic rings. The number of nitrogens with one attached hydrogen (secondary N) is 1. The van der Waals surface area contributed by atoms with Crippen LogP contribution in [0.25, 0.3) is 0 Å². The van der Waals surface area contributed by atoms with Crippen molar-refractivity contribution < 1.29 is 18.4 Å². The molecule has 3 aromatic carbocycles. The lowest BCUT2D eigenvalue weighted by molar-refractivity contribution is -0.119. The number of carbonyl (C=O) groups excluding carboxylic acids is 2. The fourth-order valence-corrected chi connectivity index (χ4v) is 4.81. The van der Waals surface area contributed by atoms with E-state index in [1.54, 1.807) is 12.1 Å². The Kier molecular flexibility index (Phi) is 5.81. The normalized spacial score (nSPS) is 18.3. The summed E-state index contributed by atoms with van der Waals surface area (Å²) in [5.41, 5.74) is 0.756. The second-order valence-corrected chi connectivity index (χ2v) is 7.89. The maximum atomic E-state index is 14.3. The van der Waals surface area contributed by atoms with Crippen LogP contribution in [0.3, 0.4) is 0 Å². The Balaban J connectivity index is 1.68. The van der Waals surface area contributed by atoms with Gasteiger partial charge in [0.25, 0.3) is 5.91 Å². The highest BCUT2D eigenvalue weighted by molar-refractivity contribution is 7.99. The first-order valence-corrected chi connectivity index (χ1v) is 10.4. The minimum Gasteiger partial charge on any atom is -0.322 e. The predicted octanol–water partition coefficient (Wildman–Crippen LogP) is 4.86. The van der Waals surface area contributed by atoms with Gasteiger partial charge in [0.1, 0.15) is 23.1 Å². The maximum absolute atomic E-state index is 14.3. The molecule has 0 aromatic heterocycles. The molecule has 152 valence electrons. The molecule has 1 aliphatic heterocycles. The molecular formula is C23H18F2N2O2S. The standard InChI is InChI=1S/C23H18F2N2O2S/c24-17-11-5-4-10-16(17)22(29)27-20(14-30-23(27)15-8-2-1-3-9-15)21(28)26-19-13-7-6-12-18(19)25/h1-13,20,23H,14H2,(H,26,28). The van der Waals surface area contributed by atoms with Gasteiger partial charge in [0.05, 0.1) is 11.3 Å². The minimum atomic E-state index is -0.882. The van der Waals surface area contributed by atoms with Crippen LogP contribution in [-0.4, -0.2) is 28.5 Å². The molecule has 2 atom stereocenters. The first kappa shape index (κ1) is 20.1. The Morgan fingerprint density at radius 3 is 2.20 bits per heavy atom. The first-order chi connectivity index (χ1) is 14.6. The van der Waals surface area contributed by atoms with Crippen LogP contribution < -0.4 is 5.32 Å². The molecule has 1 heterocycles. The third kappa shape index (κ3) is 3.93. The molecule has 0 bridgehead atoms. The number of nitrogens with zero attached hydrogens (tertiary/aromatic N) is 1. The Labute approximate surface area is 176 Å². The molecule has 7 heteroatoms. The largest absolute Gasteiger partial charge is 0.322 e. The minimum absolute atomic E-state index is 0.0361. The maximum Gasteiger partial charge on any atom is 0.258 e. The van der Waals surface area contributed by atoms with Crippen molar-refractivity contribution in [2.24, 2.45) is 0 Å². The third-order valence-corrected chi connectivity index (χ3v) is 6.18. The number of benzene rings is 3. The zero-order chi connectivity index (χ0) is 21.1. The van der Waals surface area contributed by atoms with Crippen molar-refractivity contribution >= 4 is 29.3 Å². The number of hydrogen-bond donors (Lipinski definition) is 1. The molecule has 0 saturated carbocycles. The number of carbonyl (C=O) groups is 2. The molecular weight excluding hydrogens is 406 g/mol. The summed E-state index contributed by atoms with van der Waals surface area (Å²) in [4.78, 5) is 27.7. The number of rotatable bonds is 4. The summed E-state index contributed by atoms with van der Waals surface area (Å²) in [5, 5.41) is 2.10. The first-order valence-electron chi connectivity index (χ1n) is 9.35. The molecule has 1 N–H and O–H groups in total. The average molecular weight is 424 g/mol. The van der Waals surface area contributed by atoms with Crippen molar-refractivity contribution in [3.05, 3.63) is 102 Å². The summed E-state index contributed by atoms with van der Waals surface area (Å²) in [6.45, 7) is 0. The van der Waals surface area contributed by atoms with Crippen LogP contribution in [0.4, 0.5) is 14.5 Å². The summed E-state index contributed by atoms with van der Waals surface area (Å²) in [5.74, 6) is -2.01. The number of amides is 2. The van der Waals surface area contributed by atoms with Crippen molar-refractivity contribution in [2.75, 3.05) is 11.1 Å². The summed E-state index contributed by atoms with van der Waals surface area (Å²) in [6.07, 6.45) is 0. The number of anilines is 1. The van der Waals surface area contributed by atoms with E-state index in [0.717, 1.165) is 5.56 Å². The Morgan fingerprint density at radius 1 is 0.867 bits per heavy atom. The Bertz CT molecular complexity index is 1080. The second-order valence-electron chi connectivity index (χ2n) is 6.77. The van der Waals surface area contributed by atoms with E-state index in [0.29, 0.717) is 5.75 Å². The van der Waals surface area contributed by atoms with Gasteiger partial charge in [-0.3, -0.25) is 9.59 Å². The highest BCUT2D eigenvalue weighted by atomic mass is 32.2. The van der Waals surface area contributed by atoms with Crippen LogP contribution in [0.15, 0.2) is 78.9 Å². The van der Waals surface area contributed by atoms with Crippen LogP contribution in [0.1, 0.15) is 21.3 Å². The average Bonchev–Trinajstić information content (AvgIpc) is 3.21. The Hall–Kier alpha value is -3.19. The van der Waals surface area contributed by atoms with Gasteiger partial charge >= 0.3 is 0 Å². The van der Waals surface area contributed by atoms with E-state index >= 15 is 0 Å².